The molecule has 0 radical (unpaired) electrons. The SMILES string of the molecule is C[C@@H](CO)NC(=N)c1c(O)nsc1Nc1ccc(Oc2ccccc2)cc1. The molecule has 0 amide bonds. The fourth-order valence-corrected chi connectivity index (χ4v) is 3.04. The molecule has 8 heteroatoms. The number of aromatic nitrogens is 1. The van der Waals surface area contributed by atoms with E-state index >= 15 is 0 Å². The summed E-state index contributed by atoms with van der Waals surface area (Å²) in [5, 5.41) is 33.7. The molecule has 0 bridgehead atoms. The van der Waals surface area contributed by atoms with Crippen LogP contribution >= 0.6 is 11.5 Å². The molecule has 140 valence electrons. The van der Waals surface area contributed by atoms with Gasteiger partial charge in [0.05, 0.1) is 6.61 Å². The number of para-hydroxylation sites is 1. The summed E-state index contributed by atoms with van der Waals surface area (Å²) in [6, 6.07) is 16.5. The first-order valence-electron chi connectivity index (χ1n) is 8.31. The van der Waals surface area contributed by atoms with E-state index in [0.717, 1.165) is 23.0 Å². The van der Waals surface area contributed by atoms with Gasteiger partial charge in [-0.2, -0.15) is 4.37 Å². The first kappa shape index (κ1) is 18.7. The predicted molar refractivity (Wildman–Crippen MR) is 107 cm³/mol. The monoisotopic (exact) mass is 384 g/mol. The number of anilines is 2. The van der Waals surface area contributed by atoms with Crippen LogP contribution in [0, 0.1) is 5.41 Å². The van der Waals surface area contributed by atoms with E-state index in [2.05, 4.69) is 15.0 Å². The Morgan fingerprint density at radius 2 is 1.81 bits per heavy atom. The van der Waals surface area contributed by atoms with Crippen LogP contribution in [0.4, 0.5) is 10.7 Å². The Hall–Kier alpha value is -3.10. The van der Waals surface area contributed by atoms with Crippen molar-refractivity contribution in [2.45, 2.75) is 13.0 Å². The molecule has 1 atom stereocenters. The topological polar surface area (TPSA) is 110 Å². The second kappa shape index (κ2) is 8.52. The molecule has 0 aliphatic heterocycles. The molecule has 7 nitrogen and oxygen atoms in total. The first-order chi connectivity index (χ1) is 13.1. The third-order valence-electron chi connectivity index (χ3n) is 3.68. The maximum absolute atomic E-state index is 9.97. The van der Waals surface area contributed by atoms with Crippen LogP contribution in [0.3, 0.4) is 0 Å². The van der Waals surface area contributed by atoms with Gasteiger partial charge >= 0.3 is 0 Å². The van der Waals surface area contributed by atoms with E-state index < -0.39 is 0 Å². The number of hydrogen-bond donors (Lipinski definition) is 5. The lowest BCUT2D eigenvalue weighted by atomic mass is 10.2. The van der Waals surface area contributed by atoms with Gasteiger partial charge < -0.3 is 25.6 Å². The van der Waals surface area contributed by atoms with Crippen molar-refractivity contribution in [3.05, 3.63) is 60.2 Å². The average Bonchev–Trinajstić information content (AvgIpc) is 3.04. The third kappa shape index (κ3) is 4.75. The second-order valence-electron chi connectivity index (χ2n) is 5.88. The molecular weight excluding hydrogens is 364 g/mol. The number of aliphatic hydroxyl groups excluding tert-OH is 1. The molecule has 0 saturated carbocycles. The maximum atomic E-state index is 9.97. The molecule has 0 spiro atoms. The van der Waals surface area contributed by atoms with Crippen molar-refractivity contribution in [1.29, 1.82) is 5.41 Å². The first-order valence-corrected chi connectivity index (χ1v) is 9.09. The molecule has 2 aromatic carbocycles. The molecule has 0 fully saturated rings. The van der Waals surface area contributed by atoms with Gasteiger partial charge in [-0.3, -0.25) is 5.41 Å². The number of nitrogens with one attached hydrogen (secondary N) is 3. The lowest BCUT2D eigenvalue weighted by Gasteiger charge is -2.14. The van der Waals surface area contributed by atoms with Crippen molar-refractivity contribution in [3.8, 4) is 17.4 Å². The number of aliphatic hydroxyl groups is 1. The van der Waals surface area contributed by atoms with Crippen molar-refractivity contribution in [2.75, 3.05) is 11.9 Å². The molecule has 5 N–H and O–H groups in total. The number of hydrogen-bond acceptors (Lipinski definition) is 7. The number of aromatic hydroxyl groups is 1. The fourth-order valence-electron chi connectivity index (χ4n) is 2.32. The van der Waals surface area contributed by atoms with Crippen LogP contribution < -0.4 is 15.4 Å². The minimum atomic E-state index is -0.306. The summed E-state index contributed by atoms with van der Waals surface area (Å²) >= 11 is 1.06. The van der Waals surface area contributed by atoms with Gasteiger partial charge in [0.25, 0.3) is 0 Å². The fraction of sp³-hybridized carbons (Fsp3) is 0.158. The van der Waals surface area contributed by atoms with Gasteiger partial charge in [-0.25, -0.2) is 0 Å². The quantitative estimate of drug-likeness (QED) is 0.314. The van der Waals surface area contributed by atoms with E-state index in [1.54, 1.807) is 6.92 Å². The highest BCUT2D eigenvalue weighted by Gasteiger charge is 2.19. The maximum Gasteiger partial charge on any atom is 0.236 e. The van der Waals surface area contributed by atoms with Crippen LogP contribution in [0.25, 0.3) is 0 Å². The van der Waals surface area contributed by atoms with E-state index in [1.165, 1.54) is 0 Å². The van der Waals surface area contributed by atoms with Gasteiger partial charge in [-0.05, 0) is 54.9 Å². The molecular formula is C19H20N4O3S. The van der Waals surface area contributed by atoms with Crippen molar-refractivity contribution in [2.24, 2.45) is 0 Å². The minimum absolute atomic E-state index is 0.00525. The molecule has 1 aromatic heterocycles. The summed E-state index contributed by atoms with van der Waals surface area (Å²) in [5.74, 6) is 1.22. The van der Waals surface area contributed by atoms with Gasteiger partial charge in [-0.1, -0.05) is 18.2 Å². The summed E-state index contributed by atoms with van der Waals surface area (Å²) in [7, 11) is 0. The van der Waals surface area contributed by atoms with E-state index in [4.69, 9.17) is 15.3 Å². The van der Waals surface area contributed by atoms with Crippen molar-refractivity contribution in [1.82, 2.24) is 9.69 Å². The smallest absolute Gasteiger partial charge is 0.236 e. The number of ether oxygens (including phenoxy) is 1. The average molecular weight is 384 g/mol. The number of benzene rings is 2. The molecule has 3 rings (SSSR count). The highest BCUT2D eigenvalue weighted by Crippen LogP contribution is 2.33. The Morgan fingerprint density at radius 3 is 2.48 bits per heavy atom. The van der Waals surface area contributed by atoms with Crippen molar-refractivity contribution < 1.29 is 14.9 Å². The Labute approximate surface area is 160 Å². The number of rotatable bonds is 7. The zero-order chi connectivity index (χ0) is 19.2. The van der Waals surface area contributed by atoms with E-state index in [1.807, 2.05) is 54.6 Å². The molecule has 27 heavy (non-hydrogen) atoms. The Balaban J connectivity index is 1.71. The molecule has 0 unspecified atom stereocenters. The molecule has 0 saturated heterocycles. The van der Waals surface area contributed by atoms with Crippen LogP contribution in [0.5, 0.6) is 17.4 Å². The molecule has 0 aliphatic rings. The molecule has 3 aromatic rings. The largest absolute Gasteiger partial charge is 0.492 e. The molecule has 1 heterocycles. The normalized spacial score (nSPS) is 11.6. The highest BCUT2D eigenvalue weighted by molar-refractivity contribution is 7.11. The molecule has 0 aliphatic carbocycles. The van der Waals surface area contributed by atoms with Gasteiger partial charge in [0, 0.05) is 11.7 Å². The summed E-state index contributed by atoms with van der Waals surface area (Å²) in [4.78, 5) is 0. The van der Waals surface area contributed by atoms with Crippen LogP contribution in [0.1, 0.15) is 12.5 Å². The van der Waals surface area contributed by atoms with Gasteiger partial charge in [0.15, 0.2) is 0 Å². The van der Waals surface area contributed by atoms with Gasteiger partial charge in [0.2, 0.25) is 5.88 Å². The second-order valence-corrected chi connectivity index (χ2v) is 6.65. The van der Waals surface area contributed by atoms with Gasteiger partial charge in [-0.15, -0.1) is 0 Å². The summed E-state index contributed by atoms with van der Waals surface area (Å²) in [6.07, 6.45) is 0. The van der Waals surface area contributed by atoms with E-state index in [9.17, 15) is 5.11 Å². The van der Waals surface area contributed by atoms with Crippen LogP contribution in [0.15, 0.2) is 54.6 Å². The Kier molecular flexibility index (Phi) is 5.90. The van der Waals surface area contributed by atoms with Crippen LogP contribution in [-0.4, -0.2) is 33.1 Å². The summed E-state index contributed by atoms with van der Waals surface area (Å²) < 4.78 is 9.67. The Morgan fingerprint density at radius 1 is 1.15 bits per heavy atom. The van der Waals surface area contributed by atoms with Gasteiger partial charge in [0.1, 0.15) is 27.9 Å². The number of nitrogens with zero attached hydrogens (tertiary/aromatic N) is 1. The third-order valence-corrected chi connectivity index (χ3v) is 4.43. The lowest BCUT2D eigenvalue weighted by molar-refractivity contribution is 0.264. The minimum Gasteiger partial charge on any atom is -0.492 e. The van der Waals surface area contributed by atoms with E-state index in [0.29, 0.717) is 10.8 Å². The van der Waals surface area contributed by atoms with E-state index in [-0.39, 0.29) is 29.9 Å². The van der Waals surface area contributed by atoms with Crippen LogP contribution in [0.2, 0.25) is 0 Å². The zero-order valence-corrected chi connectivity index (χ0v) is 15.5. The highest BCUT2D eigenvalue weighted by atomic mass is 32.1. The van der Waals surface area contributed by atoms with Crippen molar-refractivity contribution >= 4 is 28.1 Å². The predicted octanol–water partition coefficient (Wildman–Crippen LogP) is 3.68. The van der Waals surface area contributed by atoms with Crippen molar-refractivity contribution in [3.63, 3.8) is 0 Å². The zero-order valence-electron chi connectivity index (χ0n) is 14.6. The van der Waals surface area contributed by atoms with Crippen LogP contribution in [-0.2, 0) is 0 Å². The lowest BCUT2D eigenvalue weighted by Crippen LogP contribution is -2.35. The number of amidine groups is 1. The summed E-state index contributed by atoms with van der Waals surface area (Å²) in [5.41, 5.74) is 1.04. The standard InChI is InChI=1S/C19H20N4O3S/c1-12(11-24)21-17(20)16-18(25)23-27-19(16)22-13-7-9-15(10-8-13)26-14-5-3-2-4-6-14/h2-10,12,22,24H,11H2,1H3,(H2,20,21)(H,23,25)/t12-/m0/s1. The Bertz CT molecular complexity index is 897. The summed E-state index contributed by atoms with van der Waals surface area (Å²) in [6.45, 7) is 1.62.